The van der Waals surface area contributed by atoms with Gasteiger partial charge in [-0.15, -0.1) is 0 Å². The van der Waals surface area contributed by atoms with E-state index in [2.05, 4.69) is 15.5 Å². The topological polar surface area (TPSA) is 68.5 Å². The number of aromatic nitrogens is 2. The Kier molecular flexibility index (Phi) is 3.78. The first-order chi connectivity index (χ1) is 12.2. The summed E-state index contributed by atoms with van der Waals surface area (Å²) in [6.45, 7) is 0.451. The van der Waals surface area contributed by atoms with Crippen LogP contribution in [0.2, 0.25) is 0 Å². The Morgan fingerprint density at radius 3 is 2.92 bits per heavy atom. The zero-order chi connectivity index (χ0) is 17.2. The van der Waals surface area contributed by atoms with Gasteiger partial charge in [0.05, 0.1) is 17.1 Å². The largest absolute Gasteiger partial charge is 0.488 e. The van der Waals surface area contributed by atoms with Crippen molar-refractivity contribution in [2.45, 2.75) is 0 Å². The predicted molar refractivity (Wildman–Crippen MR) is 99.0 cm³/mol. The quantitative estimate of drug-likeness (QED) is 0.591. The zero-order valence-corrected chi connectivity index (χ0v) is 13.6. The number of nitrogens with zero attached hydrogens (tertiary/aromatic N) is 3. The fourth-order valence-corrected chi connectivity index (χ4v) is 2.70. The Morgan fingerprint density at radius 2 is 2.00 bits per heavy atom. The molecule has 1 aromatic heterocycles. The first kappa shape index (κ1) is 15.1. The minimum absolute atomic E-state index is 0.113. The van der Waals surface area contributed by atoms with Crippen LogP contribution in [0.5, 0.6) is 5.75 Å². The van der Waals surface area contributed by atoms with Gasteiger partial charge in [-0.25, -0.2) is 10.4 Å². The Morgan fingerprint density at radius 1 is 1.20 bits per heavy atom. The molecular formula is C19H16N4O2. The van der Waals surface area contributed by atoms with Crippen molar-refractivity contribution in [3.63, 3.8) is 0 Å². The third kappa shape index (κ3) is 2.89. The molecule has 0 saturated carbocycles. The first-order valence-corrected chi connectivity index (χ1v) is 7.89. The third-order valence-corrected chi connectivity index (χ3v) is 4.03. The molecule has 124 valence electrons. The molecule has 0 amide bonds. The fraction of sp³-hybridized carbons (Fsp3) is 0.105. The van der Waals surface area contributed by atoms with Crippen molar-refractivity contribution in [2.75, 3.05) is 12.0 Å². The van der Waals surface area contributed by atoms with Crippen LogP contribution in [-0.2, 0) is 7.05 Å². The monoisotopic (exact) mass is 332 g/mol. The smallest absolute Gasteiger partial charge is 0.262 e. The van der Waals surface area contributed by atoms with Crippen molar-refractivity contribution in [3.8, 4) is 5.75 Å². The minimum Gasteiger partial charge on any atom is -0.488 e. The number of rotatable bonds is 3. The molecule has 0 atom stereocenters. The van der Waals surface area contributed by atoms with Gasteiger partial charge >= 0.3 is 0 Å². The molecule has 0 spiro atoms. The molecule has 0 radical (unpaired) electrons. The maximum absolute atomic E-state index is 12.4. The second-order valence-electron chi connectivity index (χ2n) is 5.73. The van der Waals surface area contributed by atoms with Crippen LogP contribution in [0.1, 0.15) is 5.56 Å². The van der Waals surface area contributed by atoms with Crippen molar-refractivity contribution in [1.82, 2.24) is 9.55 Å². The van der Waals surface area contributed by atoms with Crippen molar-refractivity contribution < 1.29 is 4.74 Å². The molecule has 0 unspecified atom stereocenters. The van der Waals surface area contributed by atoms with Gasteiger partial charge < -0.3 is 4.74 Å². The molecule has 2 heterocycles. The molecule has 0 bridgehead atoms. The van der Waals surface area contributed by atoms with Crippen LogP contribution < -0.4 is 15.7 Å². The molecule has 6 nitrogen and oxygen atoms in total. The van der Waals surface area contributed by atoms with Crippen LogP contribution in [0.3, 0.4) is 0 Å². The number of hydrogen-bond acceptors (Lipinski definition) is 5. The SMILES string of the molecule is Cn1c(NN=CC2=Cc3ccccc3OC2)nc2ccccc2c1=O. The van der Waals surface area contributed by atoms with E-state index < -0.39 is 0 Å². The minimum atomic E-state index is -0.113. The summed E-state index contributed by atoms with van der Waals surface area (Å²) in [4.78, 5) is 16.8. The lowest BCUT2D eigenvalue weighted by atomic mass is 10.1. The Balaban J connectivity index is 1.59. The summed E-state index contributed by atoms with van der Waals surface area (Å²) in [7, 11) is 1.67. The van der Waals surface area contributed by atoms with E-state index >= 15 is 0 Å². The van der Waals surface area contributed by atoms with Crippen molar-refractivity contribution in [1.29, 1.82) is 0 Å². The number of nitrogens with one attached hydrogen (secondary N) is 1. The molecule has 0 saturated heterocycles. The third-order valence-electron chi connectivity index (χ3n) is 4.03. The van der Waals surface area contributed by atoms with Gasteiger partial charge in [-0.05, 0) is 24.3 Å². The average molecular weight is 332 g/mol. The highest BCUT2D eigenvalue weighted by molar-refractivity contribution is 5.88. The number of hydrazone groups is 1. The lowest BCUT2D eigenvalue weighted by molar-refractivity contribution is 0.353. The number of anilines is 1. The van der Waals surface area contributed by atoms with Crippen LogP contribution in [-0.4, -0.2) is 22.4 Å². The summed E-state index contributed by atoms with van der Waals surface area (Å²) in [6, 6.07) is 15.1. The second kappa shape index (κ2) is 6.24. The standard InChI is InChI=1S/C19H16N4O2/c1-23-18(24)15-7-3-4-8-16(15)21-19(23)22-20-11-13-10-14-6-2-5-9-17(14)25-12-13/h2-11H,12H2,1H3,(H,21,22). The fourth-order valence-electron chi connectivity index (χ4n) is 2.70. The second-order valence-corrected chi connectivity index (χ2v) is 5.73. The first-order valence-electron chi connectivity index (χ1n) is 7.89. The molecule has 1 aliphatic rings. The predicted octanol–water partition coefficient (Wildman–Crippen LogP) is 2.81. The number of ether oxygens (including phenoxy) is 1. The lowest BCUT2D eigenvalue weighted by Crippen LogP contribution is -2.21. The summed E-state index contributed by atoms with van der Waals surface area (Å²) in [5.41, 5.74) is 5.31. The van der Waals surface area contributed by atoms with Gasteiger partial charge in [0.1, 0.15) is 12.4 Å². The van der Waals surface area contributed by atoms with Gasteiger partial charge in [-0.1, -0.05) is 30.3 Å². The summed E-state index contributed by atoms with van der Waals surface area (Å²) < 4.78 is 7.13. The average Bonchev–Trinajstić information content (AvgIpc) is 2.65. The maximum atomic E-state index is 12.4. The summed E-state index contributed by atoms with van der Waals surface area (Å²) in [5, 5.41) is 4.78. The van der Waals surface area contributed by atoms with E-state index in [1.54, 1.807) is 25.4 Å². The highest BCUT2D eigenvalue weighted by Gasteiger charge is 2.09. The van der Waals surface area contributed by atoms with Gasteiger partial charge in [-0.3, -0.25) is 9.36 Å². The van der Waals surface area contributed by atoms with E-state index in [4.69, 9.17) is 4.74 Å². The highest BCUT2D eigenvalue weighted by atomic mass is 16.5. The Labute approximate surface area is 144 Å². The van der Waals surface area contributed by atoms with E-state index in [0.29, 0.717) is 23.5 Å². The van der Waals surface area contributed by atoms with Crippen LogP contribution >= 0.6 is 0 Å². The van der Waals surface area contributed by atoms with Crippen LogP contribution in [0.4, 0.5) is 5.95 Å². The van der Waals surface area contributed by atoms with E-state index in [9.17, 15) is 4.79 Å². The Hall–Kier alpha value is -3.41. The molecule has 25 heavy (non-hydrogen) atoms. The highest BCUT2D eigenvalue weighted by Crippen LogP contribution is 2.24. The summed E-state index contributed by atoms with van der Waals surface area (Å²) in [6.07, 6.45) is 3.70. The molecule has 3 aromatic rings. The van der Waals surface area contributed by atoms with Gasteiger partial charge in [0, 0.05) is 18.2 Å². The van der Waals surface area contributed by atoms with Crippen molar-refractivity contribution >= 4 is 29.1 Å². The van der Waals surface area contributed by atoms with Crippen LogP contribution in [0.15, 0.2) is 64.0 Å². The molecule has 0 fully saturated rings. The van der Waals surface area contributed by atoms with E-state index in [1.807, 2.05) is 42.5 Å². The molecule has 1 N–H and O–H groups in total. The van der Waals surface area contributed by atoms with Gasteiger partial charge in [0.2, 0.25) is 5.95 Å². The molecule has 2 aromatic carbocycles. The molecule has 1 aliphatic heterocycles. The lowest BCUT2D eigenvalue weighted by Gasteiger charge is -2.15. The van der Waals surface area contributed by atoms with Gasteiger partial charge in [-0.2, -0.15) is 5.10 Å². The van der Waals surface area contributed by atoms with Gasteiger partial charge in [0.15, 0.2) is 0 Å². The normalized spacial score (nSPS) is 13.4. The zero-order valence-electron chi connectivity index (χ0n) is 13.6. The maximum Gasteiger partial charge on any atom is 0.262 e. The molecular weight excluding hydrogens is 316 g/mol. The molecule has 6 heteroatoms. The molecule has 0 aliphatic carbocycles. The van der Waals surface area contributed by atoms with Crippen LogP contribution in [0.25, 0.3) is 17.0 Å². The van der Waals surface area contributed by atoms with Gasteiger partial charge in [0.25, 0.3) is 5.56 Å². The Bertz CT molecular complexity index is 1070. The van der Waals surface area contributed by atoms with E-state index in [-0.39, 0.29) is 5.56 Å². The van der Waals surface area contributed by atoms with Crippen molar-refractivity contribution in [2.24, 2.45) is 12.1 Å². The summed E-state index contributed by atoms with van der Waals surface area (Å²) >= 11 is 0. The summed E-state index contributed by atoms with van der Waals surface area (Å²) in [5.74, 6) is 1.25. The number of fused-ring (bicyclic) bond motifs is 2. The number of hydrogen-bond donors (Lipinski definition) is 1. The van der Waals surface area contributed by atoms with E-state index in [0.717, 1.165) is 16.9 Å². The molecule has 4 rings (SSSR count). The van der Waals surface area contributed by atoms with Crippen molar-refractivity contribution in [3.05, 3.63) is 70.0 Å². The number of benzene rings is 2. The van der Waals surface area contributed by atoms with E-state index in [1.165, 1.54) is 4.57 Å². The number of para-hydroxylation sites is 2. The van der Waals surface area contributed by atoms with Crippen LogP contribution in [0, 0.1) is 0 Å².